The van der Waals surface area contributed by atoms with Crippen molar-refractivity contribution in [2.75, 3.05) is 28.3 Å². The molecule has 1 aromatic carbocycles. The number of nitrogens with two attached hydrogens (primary N) is 1. The monoisotopic (exact) mass is 266 g/mol. The van der Waals surface area contributed by atoms with Crippen LogP contribution in [0.1, 0.15) is 31.9 Å². The van der Waals surface area contributed by atoms with E-state index < -0.39 is 0 Å². The number of hydrogen-bond donors (Lipinski definition) is 1. The van der Waals surface area contributed by atoms with Crippen molar-refractivity contribution in [3.05, 3.63) is 23.8 Å². The van der Waals surface area contributed by atoms with Gasteiger partial charge in [0.05, 0.1) is 25.8 Å². The molecule has 0 radical (unpaired) electrons. The van der Waals surface area contributed by atoms with Gasteiger partial charge in [-0.1, -0.05) is 13.0 Å². The first-order chi connectivity index (χ1) is 8.92. The molecule has 0 fully saturated rings. The van der Waals surface area contributed by atoms with Crippen LogP contribution in [0.2, 0.25) is 0 Å². The maximum Gasteiger partial charge on any atom is 0.127 e. The zero-order valence-corrected chi connectivity index (χ0v) is 12.9. The van der Waals surface area contributed by atoms with Gasteiger partial charge in [0.15, 0.2) is 0 Å². The summed E-state index contributed by atoms with van der Waals surface area (Å²) in [5, 5.41) is 0. The molecule has 19 heavy (non-hydrogen) atoms. The Bertz CT molecular complexity index is 398. The molecule has 2 unspecified atom stereocenters. The van der Waals surface area contributed by atoms with Crippen molar-refractivity contribution in [2.24, 2.45) is 5.73 Å². The average Bonchev–Trinajstić information content (AvgIpc) is 2.44. The second-order valence-electron chi connectivity index (χ2n) is 5.16. The van der Waals surface area contributed by atoms with Gasteiger partial charge in [-0.3, -0.25) is 0 Å². The van der Waals surface area contributed by atoms with Crippen LogP contribution in [0.5, 0.6) is 11.5 Å². The molecule has 0 heterocycles. The summed E-state index contributed by atoms with van der Waals surface area (Å²) in [6, 6.07) is 5.55. The molecule has 2 N–H and O–H groups in total. The summed E-state index contributed by atoms with van der Waals surface area (Å²) >= 11 is 0. The maximum absolute atomic E-state index is 6.54. The molecule has 0 aliphatic carbocycles. The molecule has 0 spiro atoms. The van der Waals surface area contributed by atoms with Crippen molar-refractivity contribution in [3.8, 4) is 11.5 Å². The van der Waals surface area contributed by atoms with Gasteiger partial charge in [-0.2, -0.15) is 0 Å². The molecule has 0 amide bonds. The van der Waals surface area contributed by atoms with Crippen LogP contribution in [0.25, 0.3) is 0 Å². The second kappa shape index (κ2) is 6.26. The largest absolute Gasteiger partial charge is 0.496 e. The molecule has 0 saturated heterocycles. The molecule has 108 valence electrons. The highest BCUT2D eigenvalue weighted by Crippen LogP contribution is 2.40. The fraction of sp³-hybridized carbons (Fsp3) is 0.600. The normalized spacial score (nSPS) is 16.0. The van der Waals surface area contributed by atoms with Gasteiger partial charge in [0.1, 0.15) is 11.5 Å². The lowest BCUT2D eigenvalue weighted by atomic mass is 9.83. The minimum Gasteiger partial charge on any atom is -0.496 e. The van der Waals surface area contributed by atoms with E-state index in [-0.39, 0.29) is 11.6 Å². The molecule has 0 saturated carbocycles. The number of methoxy groups -OCH3 is 2. The zero-order valence-electron chi connectivity index (χ0n) is 12.9. The van der Waals surface area contributed by atoms with Crippen LogP contribution >= 0.6 is 0 Å². The summed E-state index contributed by atoms with van der Waals surface area (Å²) in [4.78, 5) is 2.16. The first-order valence-electron chi connectivity index (χ1n) is 6.56. The van der Waals surface area contributed by atoms with Crippen LogP contribution in [0.4, 0.5) is 0 Å². The highest BCUT2D eigenvalue weighted by Gasteiger charge is 2.36. The summed E-state index contributed by atoms with van der Waals surface area (Å²) in [6.07, 6.45) is 0.933. The van der Waals surface area contributed by atoms with Gasteiger partial charge in [-0.15, -0.1) is 0 Å². The number of benzene rings is 1. The number of ether oxygens (including phenoxy) is 2. The summed E-state index contributed by atoms with van der Waals surface area (Å²) in [7, 11) is 7.41. The number of hydrogen-bond acceptors (Lipinski definition) is 4. The summed E-state index contributed by atoms with van der Waals surface area (Å²) in [5.74, 6) is 1.54. The molecule has 0 aromatic heterocycles. The van der Waals surface area contributed by atoms with E-state index in [0.717, 1.165) is 23.5 Å². The minimum atomic E-state index is -0.196. The van der Waals surface area contributed by atoms with Crippen LogP contribution in [0.3, 0.4) is 0 Å². The van der Waals surface area contributed by atoms with Crippen molar-refractivity contribution in [1.29, 1.82) is 0 Å². The van der Waals surface area contributed by atoms with E-state index in [1.807, 2.05) is 32.3 Å². The average molecular weight is 266 g/mol. The van der Waals surface area contributed by atoms with E-state index in [0.29, 0.717) is 0 Å². The Morgan fingerprint density at radius 3 is 2.00 bits per heavy atom. The van der Waals surface area contributed by atoms with Crippen LogP contribution in [0.15, 0.2) is 18.2 Å². The van der Waals surface area contributed by atoms with Gasteiger partial charge in [0, 0.05) is 5.54 Å². The van der Waals surface area contributed by atoms with Gasteiger partial charge < -0.3 is 20.1 Å². The third-order valence-electron chi connectivity index (χ3n) is 4.18. The Labute approximate surface area is 116 Å². The Morgan fingerprint density at radius 1 is 1.21 bits per heavy atom. The number of likely N-dealkylation sites (N-methyl/N-ethyl adjacent to an activating group) is 1. The standard InChI is InChI=1S/C15H26N2O2/c1-7-15(2,17(3)4)14(16)13-11(18-5)9-8-10-12(13)19-6/h8-10,14H,7,16H2,1-6H3. The van der Waals surface area contributed by atoms with Crippen molar-refractivity contribution in [3.63, 3.8) is 0 Å². The predicted molar refractivity (Wildman–Crippen MR) is 78.9 cm³/mol. The van der Waals surface area contributed by atoms with E-state index in [1.54, 1.807) is 14.2 Å². The lowest BCUT2D eigenvalue weighted by molar-refractivity contribution is 0.129. The molecule has 0 aliphatic rings. The topological polar surface area (TPSA) is 47.7 Å². The van der Waals surface area contributed by atoms with Crippen molar-refractivity contribution in [1.82, 2.24) is 4.90 Å². The maximum atomic E-state index is 6.54. The van der Waals surface area contributed by atoms with Gasteiger partial charge in [-0.05, 0) is 39.6 Å². The highest BCUT2D eigenvalue weighted by molar-refractivity contribution is 5.48. The lowest BCUT2D eigenvalue weighted by Crippen LogP contribution is -2.49. The Morgan fingerprint density at radius 2 is 1.68 bits per heavy atom. The fourth-order valence-corrected chi connectivity index (χ4v) is 2.31. The fourth-order valence-electron chi connectivity index (χ4n) is 2.31. The quantitative estimate of drug-likeness (QED) is 0.859. The van der Waals surface area contributed by atoms with Gasteiger partial charge in [0.25, 0.3) is 0 Å². The van der Waals surface area contributed by atoms with E-state index in [4.69, 9.17) is 15.2 Å². The highest BCUT2D eigenvalue weighted by atomic mass is 16.5. The summed E-state index contributed by atoms with van der Waals surface area (Å²) in [5.41, 5.74) is 7.29. The third-order valence-corrected chi connectivity index (χ3v) is 4.18. The van der Waals surface area contributed by atoms with Gasteiger partial charge in [-0.25, -0.2) is 0 Å². The summed E-state index contributed by atoms with van der Waals surface area (Å²) in [6.45, 7) is 4.30. The molecule has 0 aliphatic heterocycles. The van der Waals surface area contributed by atoms with E-state index in [9.17, 15) is 0 Å². The minimum absolute atomic E-state index is 0.165. The zero-order chi connectivity index (χ0) is 14.6. The first-order valence-corrected chi connectivity index (χ1v) is 6.56. The second-order valence-corrected chi connectivity index (χ2v) is 5.16. The molecule has 1 rings (SSSR count). The van der Waals surface area contributed by atoms with E-state index >= 15 is 0 Å². The molecular formula is C15H26N2O2. The van der Waals surface area contributed by atoms with Gasteiger partial charge in [0.2, 0.25) is 0 Å². The SMILES string of the molecule is CCC(C)(C(N)c1c(OC)cccc1OC)N(C)C. The van der Waals surface area contributed by atoms with Crippen molar-refractivity contribution >= 4 is 0 Å². The number of rotatable bonds is 6. The smallest absolute Gasteiger partial charge is 0.127 e. The van der Waals surface area contributed by atoms with Crippen molar-refractivity contribution < 1.29 is 9.47 Å². The molecule has 4 heteroatoms. The molecular weight excluding hydrogens is 240 g/mol. The van der Waals surface area contributed by atoms with Crippen LogP contribution in [0, 0.1) is 0 Å². The molecule has 2 atom stereocenters. The number of nitrogens with zero attached hydrogens (tertiary/aromatic N) is 1. The third kappa shape index (κ3) is 2.85. The lowest BCUT2D eigenvalue weighted by Gasteiger charge is -2.41. The predicted octanol–water partition coefficient (Wildman–Crippen LogP) is 2.43. The molecule has 1 aromatic rings. The van der Waals surface area contributed by atoms with Crippen LogP contribution in [-0.2, 0) is 0 Å². The Kier molecular flexibility index (Phi) is 5.20. The van der Waals surface area contributed by atoms with E-state index in [1.165, 1.54) is 0 Å². The van der Waals surface area contributed by atoms with E-state index in [2.05, 4.69) is 18.7 Å². The van der Waals surface area contributed by atoms with Crippen molar-refractivity contribution in [2.45, 2.75) is 31.8 Å². The van der Waals surface area contributed by atoms with Crippen LogP contribution in [-0.4, -0.2) is 38.8 Å². The summed E-state index contributed by atoms with van der Waals surface area (Å²) < 4.78 is 10.9. The Hall–Kier alpha value is -1.26. The van der Waals surface area contributed by atoms with Crippen LogP contribution < -0.4 is 15.2 Å². The molecule has 0 bridgehead atoms. The molecule has 4 nitrogen and oxygen atoms in total. The first kappa shape index (κ1) is 15.8. The Balaban J connectivity index is 3.35. The van der Waals surface area contributed by atoms with Gasteiger partial charge >= 0.3 is 0 Å².